The Morgan fingerprint density at radius 1 is 0.857 bits per heavy atom. The number of benzene rings is 1. The van der Waals surface area contributed by atoms with Crippen molar-refractivity contribution in [2.75, 3.05) is 11.9 Å². The summed E-state index contributed by atoms with van der Waals surface area (Å²) in [6.07, 6.45) is -3.85. The highest BCUT2D eigenvalue weighted by Gasteiger charge is 2.37. The van der Waals surface area contributed by atoms with Crippen LogP contribution >= 0.6 is 0 Å². The van der Waals surface area contributed by atoms with E-state index in [2.05, 4.69) is 9.97 Å². The largest absolute Gasteiger partial charge is 0.488 e. The second-order valence-corrected chi connectivity index (χ2v) is 8.37. The molecular weight excluding hydrogens is 371 g/mol. The third-order valence-corrected chi connectivity index (χ3v) is 3.42. The van der Waals surface area contributed by atoms with Gasteiger partial charge in [-0.1, -0.05) is 0 Å². The van der Waals surface area contributed by atoms with Crippen LogP contribution in [0.2, 0.25) is 0 Å². The molecule has 0 saturated heterocycles. The molecule has 0 atom stereocenters. The second-order valence-electron chi connectivity index (χ2n) is 8.37. The summed E-state index contributed by atoms with van der Waals surface area (Å²) in [5, 5.41) is 0. The molecule has 1 aromatic carbocycles. The zero-order valence-electron chi connectivity index (χ0n) is 17.2. The van der Waals surface area contributed by atoms with E-state index in [1.807, 2.05) is 20.8 Å². The predicted octanol–water partition coefficient (Wildman–Crippen LogP) is 5.62. The van der Waals surface area contributed by atoms with Crippen molar-refractivity contribution in [1.82, 2.24) is 9.97 Å². The number of rotatable bonds is 4. The van der Waals surface area contributed by atoms with Crippen molar-refractivity contribution < 1.29 is 22.6 Å². The van der Waals surface area contributed by atoms with E-state index in [9.17, 15) is 13.2 Å². The Labute approximate surface area is 163 Å². The molecule has 5 nitrogen and oxygen atoms in total. The van der Waals surface area contributed by atoms with Gasteiger partial charge in [0.15, 0.2) is 5.82 Å². The van der Waals surface area contributed by atoms with Gasteiger partial charge in [0.25, 0.3) is 0 Å². The minimum absolute atomic E-state index is 0.116. The molecule has 0 aliphatic heterocycles. The molecule has 0 saturated carbocycles. The number of anilines is 2. The molecular formula is C20H26F3N3O2. The van der Waals surface area contributed by atoms with Crippen LogP contribution < -0.4 is 14.4 Å². The normalized spacial score (nSPS) is 12.6. The topological polar surface area (TPSA) is 47.5 Å². The molecule has 8 heteroatoms. The van der Waals surface area contributed by atoms with Gasteiger partial charge in [0.05, 0.1) is 0 Å². The summed E-state index contributed by atoms with van der Waals surface area (Å²) in [5.41, 5.74) is -1.43. The maximum absolute atomic E-state index is 13.5. The molecule has 0 unspecified atom stereocenters. The highest BCUT2D eigenvalue weighted by atomic mass is 19.4. The Morgan fingerprint density at radius 2 is 1.39 bits per heavy atom. The van der Waals surface area contributed by atoms with Gasteiger partial charge in [-0.2, -0.15) is 18.2 Å². The molecule has 1 heterocycles. The Kier molecular flexibility index (Phi) is 5.82. The summed E-state index contributed by atoms with van der Waals surface area (Å²) < 4.78 is 51.7. The maximum atomic E-state index is 13.5. The molecule has 0 N–H and O–H groups in total. The lowest BCUT2D eigenvalue weighted by molar-refractivity contribution is -0.137. The van der Waals surface area contributed by atoms with Gasteiger partial charge in [0.1, 0.15) is 22.5 Å². The van der Waals surface area contributed by atoms with E-state index in [1.54, 1.807) is 45.0 Å². The SMILES string of the molecule is CN(c1ccc(OC(C)(C)C)cc1)c1nc(OC(C)(C)C)ncc1C(F)(F)F. The number of nitrogens with zero attached hydrogens (tertiary/aromatic N) is 3. The number of alkyl halides is 3. The van der Waals surface area contributed by atoms with E-state index >= 15 is 0 Å². The smallest absolute Gasteiger partial charge is 0.421 e. The fourth-order valence-electron chi connectivity index (χ4n) is 2.35. The lowest BCUT2D eigenvalue weighted by Gasteiger charge is -2.25. The first-order chi connectivity index (χ1) is 12.7. The second kappa shape index (κ2) is 7.48. The lowest BCUT2D eigenvalue weighted by Crippen LogP contribution is -2.26. The number of aromatic nitrogens is 2. The highest BCUT2D eigenvalue weighted by molar-refractivity contribution is 5.63. The standard InChI is InChI=1S/C20H26F3N3O2/c1-18(2,3)27-14-10-8-13(9-11-14)26(7)16-15(20(21,22)23)12-24-17(25-16)28-19(4,5)6/h8-12H,1-7H3. The first-order valence-electron chi connectivity index (χ1n) is 8.82. The molecule has 0 bridgehead atoms. The number of halogens is 3. The number of ether oxygens (including phenoxy) is 2. The third-order valence-electron chi connectivity index (χ3n) is 3.42. The average Bonchev–Trinajstić information content (AvgIpc) is 2.50. The van der Waals surface area contributed by atoms with Crippen LogP contribution in [0.4, 0.5) is 24.7 Å². The van der Waals surface area contributed by atoms with E-state index in [0.717, 1.165) is 6.20 Å². The summed E-state index contributed by atoms with van der Waals surface area (Å²) in [5.74, 6) is 0.339. The Balaban J connectivity index is 2.41. The molecule has 154 valence electrons. The lowest BCUT2D eigenvalue weighted by atomic mass is 10.2. The van der Waals surface area contributed by atoms with E-state index in [-0.39, 0.29) is 17.4 Å². The molecule has 0 aliphatic rings. The number of hydrogen-bond donors (Lipinski definition) is 0. The van der Waals surface area contributed by atoms with Crippen LogP contribution in [-0.4, -0.2) is 28.2 Å². The monoisotopic (exact) mass is 397 g/mol. The van der Waals surface area contributed by atoms with E-state index in [4.69, 9.17) is 9.47 Å². The van der Waals surface area contributed by atoms with Gasteiger partial charge < -0.3 is 14.4 Å². The van der Waals surface area contributed by atoms with Crippen LogP contribution in [-0.2, 0) is 6.18 Å². The van der Waals surface area contributed by atoms with Crippen LogP contribution in [0.1, 0.15) is 47.1 Å². The summed E-state index contributed by atoms with van der Waals surface area (Å²) in [4.78, 5) is 9.09. The predicted molar refractivity (Wildman–Crippen MR) is 102 cm³/mol. The quantitative estimate of drug-likeness (QED) is 0.670. The van der Waals surface area contributed by atoms with Gasteiger partial charge in [0.2, 0.25) is 0 Å². The minimum Gasteiger partial charge on any atom is -0.488 e. The van der Waals surface area contributed by atoms with Crippen LogP contribution in [0.15, 0.2) is 30.5 Å². The van der Waals surface area contributed by atoms with Crippen molar-refractivity contribution in [2.45, 2.75) is 58.9 Å². The van der Waals surface area contributed by atoms with Gasteiger partial charge in [-0.15, -0.1) is 0 Å². The fourth-order valence-corrected chi connectivity index (χ4v) is 2.35. The average molecular weight is 397 g/mol. The van der Waals surface area contributed by atoms with Gasteiger partial charge in [-0.25, -0.2) is 4.98 Å². The van der Waals surface area contributed by atoms with Gasteiger partial charge in [-0.05, 0) is 65.8 Å². The maximum Gasteiger partial charge on any atom is 0.421 e. The van der Waals surface area contributed by atoms with E-state index < -0.39 is 17.3 Å². The van der Waals surface area contributed by atoms with Crippen molar-refractivity contribution in [2.24, 2.45) is 0 Å². The van der Waals surface area contributed by atoms with Crippen molar-refractivity contribution in [3.63, 3.8) is 0 Å². The number of hydrogen-bond acceptors (Lipinski definition) is 5. The Bertz CT molecular complexity index is 807. The molecule has 0 aliphatic carbocycles. The highest BCUT2D eigenvalue weighted by Crippen LogP contribution is 2.38. The first-order valence-corrected chi connectivity index (χ1v) is 8.82. The molecule has 2 rings (SSSR count). The summed E-state index contributed by atoms with van der Waals surface area (Å²) in [6.45, 7) is 11.1. The van der Waals surface area contributed by atoms with Gasteiger partial charge in [-0.3, -0.25) is 0 Å². The minimum atomic E-state index is -4.60. The van der Waals surface area contributed by atoms with Crippen LogP contribution in [0, 0.1) is 0 Å². The van der Waals surface area contributed by atoms with Crippen LogP contribution in [0.25, 0.3) is 0 Å². The van der Waals surface area contributed by atoms with E-state index in [0.29, 0.717) is 11.4 Å². The summed E-state index contributed by atoms with van der Waals surface area (Å²) in [6, 6.07) is 6.65. The van der Waals surface area contributed by atoms with E-state index in [1.165, 1.54) is 11.9 Å². The molecule has 0 fully saturated rings. The molecule has 2 aromatic rings. The fraction of sp³-hybridized carbons (Fsp3) is 0.500. The first kappa shape index (κ1) is 21.8. The Morgan fingerprint density at radius 3 is 1.86 bits per heavy atom. The van der Waals surface area contributed by atoms with Crippen LogP contribution in [0.5, 0.6) is 11.8 Å². The van der Waals surface area contributed by atoms with Gasteiger partial charge >= 0.3 is 12.2 Å². The zero-order chi connectivity index (χ0) is 21.3. The summed E-state index contributed by atoms with van der Waals surface area (Å²) >= 11 is 0. The Hall–Kier alpha value is -2.51. The molecule has 0 radical (unpaired) electrons. The summed E-state index contributed by atoms with van der Waals surface area (Å²) in [7, 11) is 1.51. The van der Waals surface area contributed by atoms with Crippen molar-refractivity contribution in [3.8, 4) is 11.8 Å². The van der Waals surface area contributed by atoms with Crippen molar-refractivity contribution in [3.05, 3.63) is 36.0 Å². The zero-order valence-corrected chi connectivity index (χ0v) is 17.2. The van der Waals surface area contributed by atoms with Gasteiger partial charge in [0, 0.05) is 18.9 Å². The van der Waals surface area contributed by atoms with Crippen molar-refractivity contribution >= 4 is 11.5 Å². The van der Waals surface area contributed by atoms with Crippen molar-refractivity contribution in [1.29, 1.82) is 0 Å². The van der Waals surface area contributed by atoms with Crippen LogP contribution in [0.3, 0.4) is 0 Å². The molecule has 28 heavy (non-hydrogen) atoms. The molecule has 0 spiro atoms. The third kappa shape index (κ3) is 6.00. The molecule has 1 aromatic heterocycles. The molecule has 0 amide bonds.